The molecule has 0 aliphatic rings. The number of hydrogen-bond acceptors (Lipinski definition) is 3. The molecular formula is C15H14ClN2O3S. The lowest BCUT2D eigenvalue weighted by atomic mass is 10.1. The van der Waals surface area contributed by atoms with Crippen molar-refractivity contribution in [3.05, 3.63) is 65.2 Å². The molecule has 0 aromatic heterocycles. The summed E-state index contributed by atoms with van der Waals surface area (Å²) in [4.78, 5) is 11.6. The van der Waals surface area contributed by atoms with Gasteiger partial charge in [-0.15, -0.1) is 0 Å². The summed E-state index contributed by atoms with van der Waals surface area (Å²) < 4.78 is 25.9. The van der Waals surface area contributed by atoms with Gasteiger partial charge < -0.3 is 5.32 Å². The Labute approximate surface area is 134 Å². The fourth-order valence-corrected chi connectivity index (χ4v) is 2.98. The van der Waals surface area contributed by atoms with Gasteiger partial charge in [-0.25, -0.2) is 17.9 Å². The topological polar surface area (TPSA) is 75.3 Å². The van der Waals surface area contributed by atoms with Crippen LogP contribution in [0.1, 0.15) is 5.56 Å². The lowest BCUT2D eigenvalue weighted by Gasteiger charge is -2.09. The second-order valence-corrected chi connectivity index (χ2v) is 6.58. The first kappa shape index (κ1) is 16.3. The largest absolute Gasteiger partial charge is 0.337 e. The lowest BCUT2D eigenvalue weighted by molar-refractivity contribution is 0.246. The fourth-order valence-electron chi connectivity index (χ4n) is 1.75. The summed E-state index contributed by atoms with van der Waals surface area (Å²) in [6, 6.07) is 15.3. The molecule has 2 amide bonds. The van der Waals surface area contributed by atoms with Crippen LogP contribution < -0.4 is 10.0 Å². The Balaban J connectivity index is 1.88. The number of nitrogens with one attached hydrogen (secondary N) is 2. The Hall–Kier alpha value is -2.05. The van der Waals surface area contributed by atoms with Crippen molar-refractivity contribution in [2.45, 2.75) is 11.3 Å². The molecule has 5 nitrogen and oxygen atoms in total. The molecule has 0 unspecified atom stereocenters. The maximum absolute atomic E-state index is 12.0. The van der Waals surface area contributed by atoms with Gasteiger partial charge in [0.25, 0.3) is 10.0 Å². The van der Waals surface area contributed by atoms with Crippen molar-refractivity contribution >= 4 is 27.7 Å². The molecule has 2 aromatic carbocycles. The molecule has 0 aliphatic carbocycles. The van der Waals surface area contributed by atoms with Crippen LogP contribution >= 0.6 is 11.6 Å². The number of halogens is 1. The summed E-state index contributed by atoms with van der Waals surface area (Å²) in [6.07, 6.45) is 0.561. The number of sulfonamides is 1. The van der Waals surface area contributed by atoms with Gasteiger partial charge in [-0.2, -0.15) is 0 Å². The van der Waals surface area contributed by atoms with Crippen molar-refractivity contribution in [2.75, 3.05) is 6.54 Å². The highest BCUT2D eigenvalue weighted by molar-refractivity contribution is 7.90. The molecule has 2 rings (SSSR count). The molecule has 115 valence electrons. The Kier molecular flexibility index (Phi) is 5.41. The Morgan fingerprint density at radius 1 is 1.18 bits per heavy atom. The molecule has 0 heterocycles. The molecule has 22 heavy (non-hydrogen) atoms. The summed E-state index contributed by atoms with van der Waals surface area (Å²) in [7, 11) is -3.93. The minimum absolute atomic E-state index is 0.0634. The summed E-state index contributed by atoms with van der Waals surface area (Å²) in [5.74, 6) is 0. The van der Waals surface area contributed by atoms with E-state index in [1.54, 1.807) is 12.1 Å². The smallest absolute Gasteiger partial charge is 0.328 e. The summed E-state index contributed by atoms with van der Waals surface area (Å²) in [5, 5.41) is 2.77. The van der Waals surface area contributed by atoms with Gasteiger partial charge >= 0.3 is 6.03 Å². The first-order valence-electron chi connectivity index (χ1n) is 6.49. The maximum atomic E-state index is 12.0. The van der Waals surface area contributed by atoms with Gasteiger partial charge in [0.2, 0.25) is 0 Å². The number of amides is 2. The molecule has 0 fully saturated rings. The first-order chi connectivity index (χ1) is 10.5. The quantitative estimate of drug-likeness (QED) is 0.879. The van der Waals surface area contributed by atoms with Crippen LogP contribution in [0.5, 0.6) is 0 Å². The van der Waals surface area contributed by atoms with Crippen molar-refractivity contribution in [3.8, 4) is 0 Å². The fraction of sp³-hybridized carbons (Fsp3) is 0.133. The van der Waals surface area contributed by atoms with Crippen molar-refractivity contribution in [1.29, 1.82) is 0 Å². The van der Waals surface area contributed by atoms with Crippen LogP contribution in [0.4, 0.5) is 4.79 Å². The molecule has 0 atom stereocenters. The van der Waals surface area contributed by atoms with E-state index < -0.39 is 16.1 Å². The molecule has 7 heteroatoms. The second-order valence-electron chi connectivity index (χ2n) is 4.46. The molecule has 0 spiro atoms. The van der Waals surface area contributed by atoms with Crippen LogP contribution in [0, 0.1) is 6.07 Å². The molecule has 1 radical (unpaired) electrons. The Morgan fingerprint density at radius 2 is 2.00 bits per heavy atom. The normalized spacial score (nSPS) is 11.0. The zero-order chi connectivity index (χ0) is 16.0. The van der Waals surface area contributed by atoms with E-state index in [0.29, 0.717) is 13.0 Å². The third-order valence-corrected chi connectivity index (χ3v) is 4.35. The summed E-state index contributed by atoms with van der Waals surface area (Å²) >= 11 is 5.74. The van der Waals surface area contributed by atoms with Crippen LogP contribution in [-0.4, -0.2) is 21.0 Å². The number of carbonyl (C=O) groups is 1. The molecule has 0 aliphatic heterocycles. The zero-order valence-electron chi connectivity index (χ0n) is 11.5. The molecule has 0 bridgehead atoms. The van der Waals surface area contributed by atoms with Crippen molar-refractivity contribution in [3.63, 3.8) is 0 Å². The average Bonchev–Trinajstić information content (AvgIpc) is 2.48. The highest BCUT2D eigenvalue weighted by Gasteiger charge is 2.17. The number of carbonyl (C=O) groups excluding carboxylic acids is 1. The zero-order valence-corrected chi connectivity index (χ0v) is 13.1. The van der Waals surface area contributed by atoms with Crippen molar-refractivity contribution in [1.82, 2.24) is 10.0 Å². The first-order valence-corrected chi connectivity index (χ1v) is 8.35. The van der Waals surface area contributed by atoms with E-state index in [-0.39, 0.29) is 9.92 Å². The van der Waals surface area contributed by atoms with Gasteiger partial charge in [0.15, 0.2) is 0 Å². The predicted octanol–water partition coefficient (Wildman–Crippen LogP) is 2.37. The Bertz CT molecular complexity index is 748. The van der Waals surface area contributed by atoms with E-state index >= 15 is 0 Å². The minimum Gasteiger partial charge on any atom is -0.337 e. The van der Waals surface area contributed by atoms with Gasteiger partial charge in [0.1, 0.15) is 0 Å². The molecule has 0 saturated carbocycles. The highest BCUT2D eigenvalue weighted by Crippen LogP contribution is 2.14. The number of rotatable bonds is 5. The number of benzene rings is 2. The van der Waals surface area contributed by atoms with Gasteiger partial charge in [-0.3, -0.25) is 0 Å². The SMILES string of the molecule is O=C(NCCc1[c]cccc1)NS(=O)(=O)c1cccc(Cl)c1. The third kappa shape index (κ3) is 4.75. The highest BCUT2D eigenvalue weighted by atomic mass is 35.5. The van der Waals surface area contributed by atoms with Gasteiger partial charge in [0.05, 0.1) is 4.90 Å². The molecule has 0 saturated heterocycles. The van der Waals surface area contributed by atoms with Crippen LogP contribution in [0.3, 0.4) is 0 Å². The van der Waals surface area contributed by atoms with Crippen LogP contribution in [-0.2, 0) is 16.4 Å². The number of urea groups is 1. The van der Waals surface area contributed by atoms with E-state index in [0.717, 1.165) is 5.56 Å². The molecule has 2 aromatic rings. The van der Waals surface area contributed by atoms with Gasteiger partial charge in [0, 0.05) is 11.6 Å². The van der Waals surface area contributed by atoms with Crippen LogP contribution in [0.15, 0.2) is 53.4 Å². The molecular weight excluding hydrogens is 324 g/mol. The van der Waals surface area contributed by atoms with E-state index in [1.807, 2.05) is 22.9 Å². The van der Waals surface area contributed by atoms with Crippen molar-refractivity contribution < 1.29 is 13.2 Å². The van der Waals surface area contributed by atoms with Crippen molar-refractivity contribution in [2.24, 2.45) is 0 Å². The minimum atomic E-state index is -3.93. The van der Waals surface area contributed by atoms with E-state index in [1.165, 1.54) is 18.2 Å². The third-order valence-electron chi connectivity index (χ3n) is 2.79. The lowest BCUT2D eigenvalue weighted by Crippen LogP contribution is -2.40. The maximum Gasteiger partial charge on any atom is 0.328 e. The summed E-state index contributed by atoms with van der Waals surface area (Å²) in [5.41, 5.74) is 0.931. The summed E-state index contributed by atoms with van der Waals surface area (Å²) in [6.45, 7) is 0.303. The van der Waals surface area contributed by atoms with Gasteiger partial charge in [-0.05, 0) is 36.2 Å². The monoisotopic (exact) mass is 337 g/mol. The van der Waals surface area contributed by atoms with Crippen LogP contribution in [0.2, 0.25) is 5.02 Å². The second kappa shape index (κ2) is 7.29. The standard InChI is InChI=1S/C15H14ClN2O3S/c16-13-7-4-8-14(11-13)22(20,21)18-15(19)17-10-9-12-5-2-1-3-6-12/h1-5,7-8,11H,9-10H2,(H2,17,18,19). The van der Waals surface area contributed by atoms with Gasteiger partial charge in [-0.1, -0.05) is 41.9 Å². The van der Waals surface area contributed by atoms with E-state index in [2.05, 4.69) is 11.4 Å². The average molecular weight is 338 g/mol. The van der Waals surface area contributed by atoms with E-state index in [9.17, 15) is 13.2 Å². The number of hydrogen-bond donors (Lipinski definition) is 2. The predicted molar refractivity (Wildman–Crippen MR) is 84.2 cm³/mol. The van der Waals surface area contributed by atoms with Crippen LogP contribution in [0.25, 0.3) is 0 Å². The molecule has 2 N–H and O–H groups in total. The van der Waals surface area contributed by atoms with E-state index in [4.69, 9.17) is 11.6 Å². The Morgan fingerprint density at radius 3 is 2.68 bits per heavy atom.